The van der Waals surface area contributed by atoms with Gasteiger partial charge in [0.15, 0.2) is 5.82 Å². The topological polar surface area (TPSA) is 74.6 Å². The third-order valence-electron chi connectivity index (χ3n) is 3.58. The van der Waals surface area contributed by atoms with Gasteiger partial charge in [0.2, 0.25) is 0 Å². The SMILES string of the molecule is Cc1nnc(Cn2cc(N)cn2)n1C1CCCC1. The van der Waals surface area contributed by atoms with Crippen molar-refractivity contribution in [3.63, 3.8) is 0 Å². The van der Waals surface area contributed by atoms with Gasteiger partial charge in [0.25, 0.3) is 0 Å². The standard InChI is InChI=1S/C12H18N6/c1-9-15-16-12(8-17-7-10(13)6-14-17)18(9)11-4-2-3-5-11/h6-7,11H,2-5,8,13H2,1H3. The summed E-state index contributed by atoms with van der Waals surface area (Å²) in [5.41, 5.74) is 6.35. The molecule has 0 aliphatic heterocycles. The van der Waals surface area contributed by atoms with Crippen molar-refractivity contribution >= 4 is 5.69 Å². The summed E-state index contributed by atoms with van der Waals surface area (Å²) in [6.07, 6.45) is 8.54. The zero-order chi connectivity index (χ0) is 12.5. The molecule has 0 spiro atoms. The average molecular weight is 246 g/mol. The number of rotatable bonds is 3. The second-order valence-corrected chi connectivity index (χ2v) is 4.94. The van der Waals surface area contributed by atoms with Gasteiger partial charge in [-0.1, -0.05) is 12.8 Å². The van der Waals surface area contributed by atoms with E-state index in [1.54, 1.807) is 6.20 Å². The van der Waals surface area contributed by atoms with Crippen molar-refractivity contribution in [2.45, 2.75) is 45.2 Å². The lowest BCUT2D eigenvalue weighted by molar-refractivity contribution is 0.473. The number of aryl methyl sites for hydroxylation is 1. The van der Waals surface area contributed by atoms with E-state index in [0.29, 0.717) is 18.3 Å². The fourth-order valence-electron chi connectivity index (χ4n) is 2.77. The predicted molar refractivity (Wildman–Crippen MR) is 68.0 cm³/mol. The van der Waals surface area contributed by atoms with Gasteiger partial charge in [-0.15, -0.1) is 10.2 Å². The molecular formula is C12H18N6. The van der Waals surface area contributed by atoms with E-state index in [1.165, 1.54) is 25.7 Å². The molecule has 2 N–H and O–H groups in total. The quantitative estimate of drug-likeness (QED) is 0.891. The van der Waals surface area contributed by atoms with Crippen molar-refractivity contribution in [3.05, 3.63) is 24.0 Å². The lowest BCUT2D eigenvalue weighted by atomic mass is 10.2. The second kappa shape index (κ2) is 4.44. The monoisotopic (exact) mass is 246 g/mol. The Hall–Kier alpha value is -1.85. The Morgan fingerprint density at radius 1 is 1.33 bits per heavy atom. The molecule has 18 heavy (non-hydrogen) atoms. The van der Waals surface area contributed by atoms with Crippen LogP contribution in [-0.4, -0.2) is 24.5 Å². The number of nitrogens with zero attached hydrogens (tertiary/aromatic N) is 5. The van der Waals surface area contributed by atoms with Crippen molar-refractivity contribution in [1.82, 2.24) is 24.5 Å². The molecule has 0 bridgehead atoms. The Bertz CT molecular complexity index is 535. The van der Waals surface area contributed by atoms with E-state index in [0.717, 1.165) is 11.6 Å². The van der Waals surface area contributed by atoms with E-state index in [9.17, 15) is 0 Å². The van der Waals surface area contributed by atoms with E-state index >= 15 is 0 Å². The Balaban J connectivity index is 1.87. The van der Waals surface area contributed by atoms with Gasteiger partial charge in [-0.05, 0) is 19.8 Å². The number of nitrogen functional groups attached to an aromatic ring is 1. The molecular weight excluding hydrogens is 228 g/mol. The number of anilines is 1. The first kappa shape index (κ1) is 11.3. The van der Waals surface area contributed by atoms with Crippen LogP contribution in [-0.2, 0) is 6.54 Å². The van der Waals surface area contributed by atoms with E-state index < -0.39 is 0 Å². The molecule has 1 saturated carbocycles. The maximum absolute atomic E-state index is 5.67. The van der Waals surface area contributed by atoms with Crippen LogP contribution in [0.4, 0.5) is 5.69 Å². The molecule has 96 valence electrons. The first-order valence-corrected chi connectivity index (χ1v) is 6.42. The van der Waals surface area contributed by atoms with Crippen LogP contribution in [0.5, 0.6) is 0 Å². The molecule has 0 amide bonds. The van der Waals surface area contributed by atoms with Crippen LogP contribution < -0.4 is 5.73 Å². The van der Waals surface area contributed by atoms with Crippen LogP contribution in [0.25, 0.3) is 0 Å². The van der Waals surface area contributed by atoms with E-state index in [-0.39, 0.29) is 0 Å². The lowest BCUT2D eigenvalue weighted by Crippen LogP contribution is -2.14. The Kier molecular flexibility index (Phi) is 2.77. The zero-order valence-corrected chi connectivity index (χ0v) is 10.6. The summed E-state index contributed by atoms with van der Waals surface area (Å²) in [6, 6.07) is 0.558. The highest BCUT2D eigenvalue weighted by atomic mass is 15.3. The van der Waals surface area contributed by atoms with Crippen molar-refractivity contribution in [2.24, 2.45) is 0 Å². The number of hydrogen-bond donors (Lipinski definition) is 1. The fourth-order valence-corrected chi connectivity index (χ4v) is 2.77. The lowest BCUT2D eigenvalue weighted by Gasteiger charge is -2.15. The molecule has 3 rings (SSSR count). The Morgan fingerprint density at radius 2 is 2.11 bits per heavy atom. The summed E-state index contributed by atoms with van der Waals surface area (Å²) >= 11 is 0. The van der Waals surface area contributed by atoms with Gasteiger partial charge < -0.3 is 10.3 Å². The minimum absolute atomic E-state index is 0.558. The first-order valence-electron chi connectivity index (χ1n) is 6.42. The predicted octanol–water partition coefficient (Wildman–Crippen LogP) is 1.53. The van der Waals surface area contributed by atoms with Gasteiger partial charge in [-0.2, -0.15) is 5.10 Å². The fraction of sp³-hybridized carbons (Fsp3) is 0.583. The van der Waals surface area contributed by atoms with Gasteiger partial charge >= 0.3 is 0 Å². The molecule has 0 atom stereocenters. The van der Waals surface area contributed by atoms with Crippen LogP contribution in [0.2, 0.25) is 0 Å². The maximum atomic E-state index is 5.67. The average Bonchev–Trinajstić information content (AvgIpc) is 3.02. The van der Waals surface area contributed by atoms with Crippen LogP contribution >= 0.6 is 0 Å². The highest BCUT2D eigenvalue weighted by Crippen LogP contribution is 2.31. The highest BCUT2D eigenvalue weighted by Gasteiger charge is 2.22. The van der Waals surface area contributed by atoms with Gasteiger partial charge in [0, 0.05) is 12.2 Å². The normalized spacial score (nSPS) is 16.5. The van der Waals surface area contributed by atoms with E-state index in [2.05, 4.69) is 19.9 Å². The maximum Gasteiger partial charge on any atom is 0.155 e. The van der Waals surface area contributed by atoms with E-state index in [1.807, 2.05) is 17.8 Å². The molecule has 0 saturated heterocycles. The summed E-state index contributed by atoms with van der Waals surface area (Å²) < 4.78 is 4.08. The minimum atomic E-state index is 0.558. The van der Waals surface area contributed by atoms with Crippen LogP contribution in [0.3, 0.4) is 0 Å². The van der Waals surface area contributed by atoms with Crippen molar-refractivity contribution in [2.75, 3.05) is 5.73 Å². The van der Waals surface area contributed by atoms with Gasteiger partial charge in [0.1, 0.15) is 12.4 Å². The number of aromatic nitrogens is 5. The van der Waals surface area contributed by atoms with Crippen molar-refractivity contribution in [3.8, 4) is 0 Å². The summed E-state index contributed by atoms with van der Waals surface area (Å²) in [5.74, 6) is 1.97. The first-order chi connectivity index (χ1) is 8.74. The molecule has 6 heteroatoms. The van der Waals surface area contributed by atoms with Crippen LogP contribution in [0.15, 0.2) is 12.4 Å². The smallest absolute Gasteiger partial charge is 0.155 e. The third-order valence-corrected chi connectivity index (χ3v) is 3.58. The van der Waals surface area contributed by atoms with Gasteiger partial charge in [-0.3, -0.25) is 4.68 Å². The number of hydrogen-bond acceptors (Lipinski definition) is 4. The summed E-state index contributed by atoms with van der Waals surface area (Å²) in [5, 5.41) is 12.7. The van der Waals surface area contributed by atoms with Crippen LogP contribution in [0, 0.1) is 6.92 Å². The summed E-state index contributed by atoms with van der Waals surface area (Å²) in [7, 11) is 0. The summed E-state index contributed by atoms with van der Waals surface area (Å²) in [4.78, 5) is 0. The van der Waals surface area contributed by atoms with Gasteiger partial charge in [0.05, 0.1) is 11.9 Å². The molecule has 2 aromatic rings. The highest BCUT2D eigenvalue weighted by molar-refractivity contribution is 5.30. The molecule has 1 fully saturated rings. The van der Waals surface area contributed by atoms with Crippen molar-refractivity contribution in [1.29, 1.82) is 0 Å². The third kappa shape index (κ3) is 1.98. The molecule has 0 aromatic carbocycles. The molecule has 0 unspecified atom stereocenters. The van der Waals surface area contributed by atoms with Gasteiger partial charge in [-0.25, -0.2) is 0 Å². The van der Waals surface area contributed by atoms with Crippen molar-refractivity contribution < 1.29 is 0 Å². The van der Waals surface area contributed by atoms with Crippen LogP contribution in [0.1, 0.15) is 43.4 Å². The molecule has 2 aromatic heterocycles. The molecule has 2 heterocycles. The molecule has 0 radical (unpaired) electrons. The Labute approximate surface area is 106 Å². The minimum Gasteiger partial charge on any atom is -0.396 e. The Morgan fingerprint density at radius 3 is 2.78 bits per heavy atom. The largest absolute Gasteiger partial charge is 0.396 e. The molecule has 1 aliphatic carbocycles. The number of nitrogens with two attached hydrogens (primary N) is 1. The summed E-state index contributed by atoms with van der Waals surface area (Å²) in [6.45, 7) is 2.65. The molecule has 6 nitrogen and oxygen atoms in total. The zero-order valence-electron chi connectivity index (χ0n) is 10.6. The molecule has 1 aliphatic rings. The second-order valence-electron chi connectivity index (χ2n) is 4.94. The van der Waals surface area contributed by atoms with E-state index in [4.69, 9.17) is 5.73 Å².